The number of nitrogens with zero attached hydrogens (tertiary/aromatic N) is 1. The zero-order chi connectivity index (χ0) is 7.07. The van der Waals surface area contributed by atoms with Crippen LogP contribution in [0.1, 0.15) is 27.7 Å². The van der Waals surface area contributed by atoms with Gasteiger partial charge < -0.3 is 0 Å². The predicted octanol–water partition coefficient (Wildman–Crippen LogP) is 2.39. The zero-order valence-corrected chi connectivity index (χ0v) is 6.52. The van der Waals surface area contributed by atoms with E-state index < -0.39 is 0 Å². The zero-order valence-electron chi connectivity index (χ0n) is 6.52. The van der Waals surface area contributed by atoms with Gasteiger partial charge in [-0.1, -0.05) is 19.9 Å². The van der Waals surface area contributed by atoms with Crippen molar-refractivity contribution >= 4 is 5.71 Å². The summed E-state index contributed by atoms with van der Waals surface area (Å²) in [4.78, 5) is 4.32. The van der Waals surface area contributed by atoms with E-state index >= 15 is 0 Å². The SMILES string of the molecule is CC1=CC(C)(C)C(C)=N1. The molecule has 1 aliphatic heterocycles. The summed E-state index contributed by atoms with van der Waals surface area (Å²) in [5.41, 5.74) is 2.59. The van der Waals surface area contributed by atoms with Gasteiger partial charge in [-0.3, -0.25) is 4.99 Å². The van der Waals surface area contributed by atoms with Gasteiger partial charge in [0.15, 0.2) is 0 Å². The largest absolute Gasteiger partial charge is 0.262 e. The average molecular weight is 123 g/mol. The standard InChI is InChI=1S/C8H13N/c1-6-5-8(3,4)7(2)9-6/h5H,1-4H3. The fraction of sp³-hybridized carbons (Fsp3) is 0.625. The van der Waals surface area contributed by atoms with E-state index in [4.69, 9.17) is 0 Å². The van der Waals surface area contributed by atoms with E-state index in [0.29, 0.717) is 0 Å². The van der Waals surface area contributed by atoms with E-state index in [0.717, 1.165) is 5.70 Å². The molecule has 0 aromatic carbocycles. The molecule has 0 saturated heterocycles. The van der Waals surface area contributed by atoms with E-state index in [1.54, 1.807) is 0 Å². The highest BCUT2D eigenvalue weighted by molar-refractivity contribution is 5.92. The van der Waals surface area contributed by atoms with Crippen molar-refractivity contribution in [2.75, 3.05) is 0 Å². The number of aliphatic imine (C=N–C) groups is 1. The number of rotatable bonds is 0. The molecule has 0 radical (unpaired) electrons. The van der Waals surface area contributed by atoms with Crippen molar-refractivity contribution in [1.82, 2.24) is 0 Å². The normalized spacial score (nSPS) is 23.6. The van der Waals surface area contributed by atoms with E-state index in [2.05, 4.69) is 31.8 Å². The lowest BCUT2D eigenvalue weighted by Gasteiger charge is -2.13. The molecule has 0 aromatic heterocycles. The summed E-state index contributed by atoms with van der Waals surface area (Å²) in [6, 6.07) is 0. The summed E-state index contributed by atoms with van der Waals surface area (Å²) in [6.45, 7) is 8.48. The maximum absolute atomic E-state index is 4.32. The molecule has 1 aliphatic rings. The van der Waals surface area contributed by atoms with E-state index in [1.165, 1.54) is 5.71 Å². The molecule has 0 atom stereocenters. The van der Waals surface area contributed by atoms with Crippen LogP contribution in [-0.4, -0.2) is 5.71 Å². The minimum Gasteiger partial charge on any atom is -0.262 e. The quantitative estimate of drug-likeness (QED) is 0.469. The van der Waals surface area contributed by atoms with Gasteiger partial charge in [0.1, 0.15) is 0 Å². The van der Waals surface area contributed by atoms with Crippen LogP contribution in [0.4, 0.5) is 0 Å². The molecular weight excluding hydrogens is 110 g/mol. The second kappa shape index (κ2) is 1.69. The first-order chi connectivity index (χ1) is 4.02. The fourth-order valence-electron chi connectivity index (χ4n) is 1.07. The third-order valence-electron chi connectivity index (χ3n) is 1.85. The number of allylic oxidation sites excluding steroid dienone is 2. The van der Waals surface area contributed by atoms with Crippen molar-refractivity contribution in [3.05, 3.63) is 11.8 Å². The molecule has 9 heavy (non-hydrogen) atoms. The minimum atomic E-state index is 0.212. The van der Waals surface area contributed by atoms with Crippen molar-refractivity contribution in [1.29, 1.82) is 0 Å². The van der Waals surface area contributed by atoms with Crippen molar-refractivity contribution in [3.8, 4) is 0 Å². The molecule has 0 aromatic rings. The molecule has 0 spiro atoms. The third-order valence-corrected chi connectivity index (χ3v) is 1.85. The van der Waals surface area contributed by atoms with Gasteiger partial charge in [-0.15, -0.1) is 0 Å². The van der Waals surface area contributed by atoms with Crippen LogP contribution in [0, 0.1) is 5.41 Å². The molecule has 1 nitrogen and oxygen atoms in total. The molecule has 0 aliphatic carbocycles. The first-order valence-corrected chi connectivity index (χ1v) is 3.27. The summed E-state index contributed by atoms with van der Waals surface area (Å²) in [6.07, 6.45) is 2.20. The summed E-state index contributed by atoms with van der Waals surface area (Å²) in [7, 11) is 0. The predicted molar refractivity (Wildman–Crippen MR) is 40.6 cm³/mol. The first kappa shape index (κ1) is 6.53. The fourth-order valence-corrected chi connectivity index (χ4v) is 1.07. The molecule has 1 heteroatoms. The van der Waals surface area contributed by atoms with Gasteiger partial charge in [-0.25, -0.2) is 0 Å². The lowest BCUT2D eigenvalue weighted by molar-refractivity contribution is 0.684. The monoisotopic (exact) mass is 123 g/mol. The van der Waals surface area contributed by atoms with Crippen molar-refractivity contribution in [2.24, 2.45) is 10.4 Å². The molecule has 50 valence electrons. The second-order valence-corrected chi connectivity index (χ2v) is 3.20. The molecule has 0 N–H and O–H groups in total. The Morgan fingerprint density at radius 2 is 1.89 bits per heavy atom. The summed E-state index contributed by atoms with van der Waals surface area (Å²) in [5, 5.41) is 0. The van der Waals surface area contributed by atoms with Crippen LogP contribution >= 0.6 is 0 Å². The van der Waals surface area contributed by atoms with Crippen molar-refractivity contribution in [3.63, 3.8) is 0 Å². The van der Waals surface area contributed by atoms with Crippen LogP contribution in [0.25, 0.3) is 0 Å². The molecule has 0 saturated carbocycles. The summed E-state index contributed by atoms with van der Waals surface area (Å²) >= 11 is 0. The van der Waals surface area contributed by atoms with Crippen molar-refractivity contribution < 1.29 is 0 Å². The Balaban J connectivity index is 2.96. The molecule has 1 heterocycles. The number of hydrogen-bond acceptors (Lipinski definition) is 1. The third kappa shape index (κ3) is 1.04. The average Bonchev–Trinajstić information content (AvgIpc) is 1.79. The van der Waals surface area contributed by atoms with Gasteiger partial charge in [0.25, 0.3) is 0 Å². The highest BCUT2D eigenvalue weighted by Crippen LogP contribution is 2.27. The topological polar surface area (TPSA) is 12.4 Å². The van der Waals surface area contributed by atoms with E-state index in [9.17, 15) is 0 Å². The van der Waals surface area contributed by atoms with Gasteiger partial charge in [0, 0.05) is 16.8 Å². The lowest BCUT2D eigenvalue weighted by atomic mass is 9.90. The van der Waals surface area contributed by atoms with Crippen LogP contribution in [0.5, 0.6) is 0 Å². The smallest absolute Gasteiger partial charge is 0.0341 e. The lowest BCUT2D eigenvalue weighted by Crippen LogP contribution is -2.14. The second-order valence-electron chi connectivity index (χ2n) is 3.20. The highest BCUT2D eigenvalue weighted by atomic mass is 14.8. The molecule has 0 fully saturated rings. The summed E-state index contributed by atoms with van der Waals surface area (Å²) in [5.74, 6) is 0. The Morgan fingerprint density at radius 3 is 2.00 bits per heavy atom. The van der Waals surface area contributed by atoms with Crippen LogP contribution in [-0.2, 0) is 0 Å². The molecule has 1 rings (SSSR count). The highest BCUT2D eigenvalue weighted by Gasteiger charge is 2.22. The van der Waals surface area contributed by atoms with Gasteiger partial charge in [0.2, 0.25) is 0 Å². The van der Waals surface area contributed by atoms with Gasteiger partial charge in [-0.05, 0) is 13.8 Å². The first-order valence-electron chi connectivity index (χ1n) is 3.27. The Labute approximate surface area is 56.5 Å². The Kier molecular flexibility index (Phi) is 1.23. The minimum absolute atomic E-state index is 0.212. The maximum Gasteiger partial charge on any atom is 0.0341 e. The maximum atomic E-state index is 4.32. The van der Waals surface area contributed by atoms with Crippen LogP contribution in [0.15, 0.2) is 16.8 Å². The number of hydrogen-bond donors (Lipinski definition) is 0. The summed E-state index contributed by atoms with van der Waals surface area (Å²) < 4.78 is 0. The Morgan fingerprint density at radius 1 is 1.33 bits per heavy atom. The van der Waals surface area contributed by atoms with Crippen LogP contribution in [0.2, 0.25) is 0 Å². The van der Waals surface area contributed by atoms with Gasteiger partial charge in [-0.2, -0.15) is 0 Å². The molecular formula is C8H13N. The van der Waals surface area contributed by atoms with Gasteiger partial charge >= 0.3 is 0 Å². The Hall–Kier alpha value is -0.590. The van der Waals surface area contributed by atoms with Gasteiger partial charge in [0.05, 0.1) is 0 Å². The van der Waals surface area contributed by atoms with Crippen LogP contribution < -0.4 is 0 Å². The molecule has 0 amide bonds. The van der Waals surface area contributed by atoms with E-state index in [1.807, 2.05) is 6.92 Å². The van der Waals surface area contributed by atoms with E-state index in [-0.39, 0.29) is 5.41 Å². The molecule has 0 unspecified atom stereocenters. The molecule has 0 bridgehead atoms. The van der Waals surface area contributed by atoms with Crippen LogP contribution in [0.3, 0.4) is 0 Å². The Bertz CT molecular complexity index is 185. The van der Waals surface area contributed by atoms with Crippen molar-refractivity contribution in [2.45, 2.75) is 27.7 Å².